The molecule has 2 N–H and O–H groups in total. The lowest BCUT2D eigenvalue weighted by atomic mass is 10.1. The van der Waals surface area contributed by atoms with E-state index in [1.807, 2.05) is 36.4 Å². The molecule has 1 amide bonds. The van der Waals surface area contributed by atoms with Crippen molar-refractivity contribution < 1.29 is 9.53 Å². The molecule has 1 unspecified atom stereocenters. The zero-order valence-electron chi connectivity index (χ0n) is 11.0. The number of amides is 1. The van der Waals surface area contributed by atoms with Gasteiger partial charge in [-0.3, -0.25) is 10.2 Å². The minimum Gasteiger partial charge on any atom is -0.492 e. The number of hydrazine groups is 1. The van der Waals surface area contributed by atoms with Crippen molar-refractivity contribution in [3.8, 4) is 16.9 Å². The quantitative estimate of drug-likeness (QED) is 0.893. The summed E-state index contributed by atoms with van der Waals surface area (Å²) in [5, 5.41) is 0. The van der Waals surface area contributed by atoms with Gasteiger partial charge in [-0.25, -0.2) is 5.43 Å². The van der Waals surface area contributed by atoms with Gasteiger partial charge in [0.25, 0.3) is 0 Å². The molecule has 4 heteroatoms. The van der Waals surface area contributed by atoms with E-state index in [0.717, 1.165) is 16.9 Å². The van der Waals surface area contributed by atoms with Gasteiger partial charge in [-0.05, 0) is 23.3 Å². The first-order chi connectivity index (χ1) is 9.81. The molecule has 102 valence electrons. The summed E-state index contributed by atoms with van der Waals surface area (Å²) >= 11 is 0. The van der Waals surface area contributed by atoms with E-state index >= 15 is 0 Å². The van der Waals surface area contributed by atoms with Crippen LogP contribution in [-0.4, -0.2) is 18.6 Å². The van der Waals surface area contributed by atoms with E-state index < -0.39 is 0 Å². The summed E-state index contributed by atoms with van der Waals surface area (Å²) in [5.74, 6) is 0.823. The normalized spacial score (nSPS) is 17.8. The molecule has 1 fully saturated rings. The molecule has 4 nitrogen and oxygen atoms in total. The zero-order valence-corrected chi connectivity index (χ0v) is 11.0. The molecule has 1 aliphatic heterocycles. The lowest BCUT2D eigenvalue weighted by molar-refractivity contribution is -0.119. The Morgan fingerprint density at radius 2 is 1.85 bits per heavy atom. The molecule has 1 saturated heterocycles. The summed E-state index contributed by atoms with van der Waals surface area (Å²) < 4.78 is 5.75. The van der Waals surface area contributed by atoms with Crippen molar-refractivity contribution in [2.75, 3.05) is 6.61 Å². The summed E-state index contributed by atoms with van der Waals surface area (Å²) in [4.78, 5) is 11.1. The molecule has 2 aromatic carbocycles. The molecule has 20 heavy (non-hydrogen) atoms. The highest BCUT2D eigenvalue weighted by atomic mass is 16.5. The molecule has 3 rings (SSSR count). The maximum atomic E-state index is 11.1. The second-order valence-electron chi connectivity index (χ2n) is 4.80. The highest BCUT2D eigenvalue weighted by Crippen LogP contribution is 2.23. The highest BCUT2D eigenvalue weighted by molar-refractivity contribution is 5.78. The smallest absolute Gasteiger partial charge is 0.235 e. The topological polar surface area (TPSA) is 50.4 Å². The van der Waals surface area contributed by atoms with Crippen molar-refractivity contribution in [1.82, 2.24) is 10.9 Å². The Balaban J connectivity index is 1.67. The number of hydrogen-bond acceptors (Lipinski definition) is 3. The molecule has 1 heterocycles. The molecule has 1 atom stereocenters. The molecule has 0 radical (unpaired) electrons. The third-order valence-corrected chi connectivity index (χ3v) is 3.24. The third kappa shape index (κ3) is 2.97. The number of nitrogens with one attached hydrogen (secondary N) is 2. The summed E-state index contributed by atoms with van der Waals surface area (Å²) in [7, 11) is 0. The van der Waals surface area contributed by atoms with Gasteiger partial charge in [0.1, 0.15) is 12.4 Å². The maximum absolute atomic E-state index is 11.1. The van der Waals surface area contributed by atoms with Crippen LogP contribution in [0.3, 0.4) is 0 Å². The van der Waals surface area contributed by atoms with E-state index in [0.29, 0.717) is 13.0 Å². The molecule has 0 spiro atoms. The van der Waals surface area contributed by atoms with Crippen molar-refractivity contribution in [3.63, 3.8) is 0 Å². The van der Waals surface area contributed by atoms with Crippen LogP contribution in [0.4, 0.5) is 0 Å². The van der Waals surface area contributed by atoms with Crippen LogP contribution < -0.4 is 15.6 Å². The van der Waals surface area contributed by atoms with Crippen molar-refractivity contribution in [2.45, 2.75) is 12.5 Å². The van der Waals surface area contributed by atoms with Gasteiger partial charge in [0.05, 0.1) is 6.04 Å². The van der Waals surface area contributed by atoms with E-state index in [-0.39, 0.29) is 11.9 Å². The average Bonchev–Trinajstić information content (AvgIpc) is 2.92. The number of carbonyl (C=O) groups is 1. The first kappa shape index (κ1) is 12.7. The summed E-state index contributed by atoms with van der Waals surface area (Å²) in [5.41, 5.74) is 7.76. The predicted molar refractivity (Wildman–Crippen MR) is 77.1 cm³/mol. The fourth-order valence-electron chi connectivity index (χ4n) is 2.20. The van der Waals surface area contributed by atoms with Crippen LogP contribution in [0.15, 0.2) is 54.6 Å². The van der Waals surface area contributed by atoms with Crippen molar-refractivity contribution in [2.24, 2.45) is 0 Å². The summed E-state index contributed by atoms with van der Waals surface area (Å²) in [6.07, 6.45) is 0.457. The van der Waals surface area contributed by atoms with E-state index in [2.05, 4.69) is 29.1 Å². The minimum absolute atomic E-state index is 0.0108. The van der Waals surface area contributed by atoms with Crippen LogP contribution >= 0.6 is 0 Å². The Kier molecular flexibility index (Phi) is 3.65. The fourth-order valence-corrected chi connectivity index (χ4v) is 2.20. The molecule has 2 aromatic rings. The fraction of sp³-hybridized carbons (Fsp3) is 0.188. The standard InChI is InChI=1S/C16H16N2O2/c19-16-10-14(17-18-16)11-20-15-8-4-7-13(9-15)12-5-2-1-3-6-12/h1-9,14,17H,10-11H2,(H,18,19). The lowest BCUT2D eigenvalue weighted by Gasteiger charge is -2.11. The average molecular weight is 268 g/mol. The van der Waals surface area contributed by atoms with E-state index in [1.165, 1.54) is 0 Å². The van der Waals surface area contributed by atoms with Crippen LogP contribution in [0.5, 0.6) is 5.75 Å². The molecule has 1 aliphatic rings. The SMILES string of the molecule is O=C1CC(COc2cccc(-c3ccccc3)c2)NN1. The number of carbonyl (C=O) groups excluding carboxylic acids is 1. The molecular formula is C16H16N2O2. The number of hydrogen-bond donors (Lipinski definition) is 2. The zero-order chi connectivity index (χ0) is 13.8. The van der Waals surface area contributed by atoms with Gasteiger partial charge < -0.3 is 4.74 Å². The van der Waals surface area contributed by atoms with E-state index in [9.17, 15) is 4.79 Å². The summed E-state index contributed by atoms with van der Waals surface area (Å²) in [6, 6.07) is 18.2. The van der Waals surface area contributed by atoms with Gasteiger partial charge >= 0.3 is 0 Å². The van der Waals surface area contributed by atoms with E-state index in [4.69, 9.17) is 4.74 Å². The third-order valence-electron chi connectivity index (χ3n) is 3.24. The predicted octanol–water partition coefficient (Wildman–Crippen LogP) is 2.13. The van der Waals surface area contributed by atoms with Crippen molar-refractivity contribution in [1.29, 1.82) is 0 Å². The van der Waals surface area contributed by atoms with Crippen LogP contribution in [0.25, 0.3) is 11.1 Å². The number of ether oxygens (including phenoxy) is 1. The first-order valence-electron chi connectivity index (χ1n) is 6.64. The van der Waals surface area contributed by atoms with Crippen LogP contribution in [0, 0.1) is 0 Å². The Labute approximate surface area is 117 Å². The van der Waals surface area contributed by atoms with Gasteiger partial charge in [0.2, 0.25) is 5.91 Å². The monoisotopic (exact) mass is 268 g/mol. The molecule has 0 aliphatic carbocycles. The summed E-state index contributed by atoms with van der Waals surface area (Å²) in [6.45, 7) is 0.469. The van der Waals surface area contributed by atoms with Crippen molar-refractivity contribution in [3.05, 3.63) is 54.6 Å². The largest absolute Gasteiger partial charge is 0.492 e. The van der Waals surface area contributed by atoms with Gasteiger partial charge in [0.15, 0.2) is 0 Å². The van der Waals surface area contributed by atoms with Gasteiger partial charge in [-0.2, -0.15) is 0 Å². The van der Waals surface area contributed by atoms with Crippen molar-refractivity contribution >= 4 is 5.91 Å². The number of rotatable bonds is 4. The Bertz CT molecular complexity index is 598. The van der Waals surface area contributed by atoms with Crippen LogP contribution in [-0.2, 0) is 4.79 Å². The number of benzene rings is 2. The molecular weight excluding hydrogens is 252 g/mol. The highest BCUT2D eigenvalue weighted by Gasteiger charge is 2.21. The van der Waals surface area contributed by atoms with Gasteiger partial charge in [0, 0.05) is 6.42 Å². The Morgan fingerprint density at radius 1 is 1.05 bits per heavy atom. The Morgan fingerprint density at radius 3 is 2.60 bits per heavy atom. The van der Waals surface area contributed by atoms with Crippen LogP contribution in [0.1, 0.15) is 6.42 Å². The molecule has 0 bridgehead atoms. The van der Waals surface area contributed by atoms with E-state index in [1.54, 1.807) is 0 Å². The second kappa shape index (κ2) is 5.75. The maximum Gasteiger partial charge on any atom is 0.235 e. The second-order valence-corrected chi connectivity index (χ2v) is 4.80. The minimum atomic E-state index is 0.0108. The lowest BCUT2D eigenvalue weighted by Crippen LogP contribution is -2.34. The molecule has 0 aromatic heterocycles. The van der Waals surface area contributed by atoms with Crippen LogP contribution in [0.2, 0.25) is 0 Å². The van der Waals surface area contributed by atoms with Gasteiger partial charge in [-0.1, -0.05) is 42.5 Å². The molecule has 0 saturated carbocycles. The Hall–Kier alpha value is -2.33. The first-order valence-corrected chi connectivity index (χ1v) is 6.64. The van der Waals surface area contributed by atoms with Gasteiger partial charge in [-0.15, -0.1) is 0 Å².